The van der Waals surface area contributed by atoms with Crippen molar-refractivity contribution in [1.29, 1.82) is 0 Å². The van der Waals surface area contributed by atoms with Gasteiger partial charge in [-0.05, 0) is 42.2 Å². The van der Waals surface area contributed by atoms with E-state index in [0.29, 0.717) is 11.2 Å². The van der Waals surface area contributed by atoms with Gasteiger partial charge in [0.1, 0.15) is 17.6 Å². The zero-order valence-electron chi connectivity index (χ0n) is 12.2. The molecular formula is C16H24O2S2. The summed E-state index contributed by atoms with van der Waals surface area (Å²) in [6.45, 7) is 8.29. The SMILES string of the molecule is C=CC(Oc1ccc(O)cc1)C(C)[C@H](C)SCCCS. The molecule has 0 fully saturated rings. The van der Waals surface area contributed by atoms with Gasteiger partial charge >= 0.3 is 0 Å². The Bertz CT molecular complexity index is 392. The summed E-state index contributed by atoms with van der Waals surface area (Å²) in [5, 5.41) is 9.78. The molecule has 0 heterocycles. The van der Waals surface area contributed by atoms with Crippen molar-refractivity contribution in [2.24, 2.45) is 5.92 Å². The number of aromatic hydroxyl groups is 1. The number of hydrogen-bond acceptors (Lipinski definition) is 4. The van der Waals surface area contributed by atoms with Crippen LogP contribution in [0.15, 0.2) is 36.9 Å². The monoisotopic (exact) mass is 312 g/mol. The number of ether oxygens (including phenoxy) is 1. The first-order valence-corrected chi connectivity index (χ1v) is 8.57. The Kier molecular flexibility index (Phi) is 8.00. The molecule has 0 aliphatic heterocycles. The van der Waals surface area contributed by atoms with Crippen LogP contribution in [0.2, 0.25) is 0 Å². The average Bonchev–Trinajstić information content (AvgIpc) is 2.46. The maximum Gasteiger partial charge on any atom is 0.120 e. The van der Waals surface area contributed by atoms with Gasteiger partial charge in [0.2, 0.25) is 0 Å². The van der Waals surface area contributed by atoms with Crippen molar-refractivity contribution in [1.82, 2.24) is 0 Å². The fourth-order valence-corrected chi connectivity index (χ4v) is 3.32. The van der Waals surface area contributed by atoms with Crippen molar-refractivity contribution in [2.75, 3.05) is 11.5 Å². The van der Waals surface area contributed by atoms with E-state index in [1.165, 1.54) is 0 Å². The number of phenolic OH excluding ortho intramolecular Hbond substituents is 1. The smallest absolute Gasteiger partial charge is 0.120 e. The standard InChI is InChI=1S/C16H24O2S2/c1-4-16(12(2)13(3)20-11-5-10-19)18-15-8-6-14(17)7-9-15/h4,6-9,12-13,16-17,19H,1,5,10-11H2,2-3H3/t12?,13-,16?/m0/s1. The van der Waals surface area contributed by atoms with Crippen molar-refractivity contribution in [3.63, 3.8) is 0 Å². The van der Waals surface area contributed by atoms with Gasteiger partial charge in [0.15, 0.2) is 0 Å². The highest BCUT2D eigenvalue weighted by atomic mass is 32.2. The van der Waals surface area contributed by atoms with Gasteiger partial charge in [0.25, 0.3) is 0 Å². The fourth-order valence-electron chi connectivity index (χ4n) is 1.80. The lowest BCUT2D eigenvalue weighted by Gasteiger charge is -2.27. The van der Waals surface area contributed by atoms with E-state index >= 15 is 0 Å². The number of benzene rings is 1. The average molecular weight is 313 g/mol. The van der Waals surface area contributed by atoms with Crippen LogP contribution in [-0.2, 0) is 0 Å². The summed E-state index contributed by atoms with van der Waals surface area (Å²) in [7, 11) is 0. The van der Waals surface area contributed by atoms with Gasteiger partial charge in [-0.15, -0.1) is 0 Å². The van der Waals surface area contributed by atoms with Crippen LogP contribution in [0.25, 0.3) is 0 Å². The third-order valence-corrected chi connectivity index (χ3v) is 5.08. The summed E-state index contributed by atoms with van der Waals surface area (Å²) < 4.78 is 5.95. The molecule has 0 radical (unpaired) electrons. The van der Waals surface area contributed by atoms with Crippen LogP contribution >= 0.6 is 24.4 Å². The number of thiol groups is 1. The van der Waals surface area contributed by atoms with Crippen LogP contribution in [0.5, 0.6) is 11.5 Å². The van der Waals surface area contributed by atoms with Gasteiger partial charge in [0.05, 0.1) is 0 Å². The van der Waals surface area contributed by atoms with E-state index in [4.69, 9.17) is 4.74 Å². The topological polar surface area (TPSA) is 29.5 Å². The summed E-state index contributed by atoms with van der Waals surface area (Å²) in [6, 6.07) is 6.81. The summed E-state index contributed by atoms with van der Waals surface area (Å²) >= 11 is 6.18. The van der Waals surface area contributed by atoms with Crippen molar-refractivity contribution in [2.45, 2.75) is 31.6 Å². The maximum absolute atomic E-state index is 9.28. The normalized spacial score (nSPS) is 15.3. The number of phenols is 1. The summed E-state index contributed by atoms with van der Waals surface area (Å²) in [5.41, 5.74) is 0. The molecule has 2 nitrogen and oxygen atoms in total. The van der Waals surface area contributed by atoms with E-state index < -0.39 is 0 Å². The maximum atomic E-state index is 9.28. The van der Waals surface area contributed by atoms with E-state index in [2.05, 4.69) is 33.1 Å². The zero-order chi connectivity index (χ0) is 15.0. The van der Waals surface area contributed by atoms with E-state index in [-0.39, 0.29) is 11.9 Å². The van der Waals surface area contributed by atoms with Gasteiger partial charge in [-0.3, -0.25) is 0 Å². The first-order valence-electron chi connectivity index (χ1n) is 6.89. The molecule has 2 unspecified atom stereocenters. The van der Waals surface area contributed by atoms with Crippen LogP contribution in [-0.4, -0.2) is 28.0 Å². The third kappa shape index (κ3) is 5.71. The Hall–Kier alpha value is -0.740. The van der Waals surface area contributed by atoms with Gasteiger partial charge < -0.3 is 9.84 Å². The molecule has 4 heteroatoms. The van der Waals surface area contributed by atoms with E-state index in [9.17, 15) is 5.11 Å². The molecule has 20 heavy (non-hydrogen) atoms. The van der Waals surface area contributed by atoms with Crippen molar-refractivity contribution in [3.8, 4) is 11.5 Å². The molecule has 112 valence electrons. The Labute approximate surface area is 132 Å². The Morgan fingerprint density at radius 1 is 1.35 bits per heavy atom. The molecule has 0 saturated carbocycles. The number of hydrogen-bond donors (Lipinski definition) is 2. The van der Waals surface area contributed by atoms with Gasteiger partial charge in [-0.25, -0.2) is 0 Å². The quantitative estimate of drug-likeness (QED) is 0.402. The van der Waals surface area contributed by atoms with Gasteiger partial charge in [0, 0.05) is 11.2 Å². The minimum absolute atomic E-state index is 0.0296. The van der Waals surface area contributed by atoms with Crippen LogP contribution in [0.3, 0.4) is 0 Å². The van der Waals surface area contributed by atoms with Gasteiger partial charge in [-0.2, -0.15) is 24.4 Å². The second-order valence-corrected chi connectivity index (χ2v) is 6.76. The molecular weight excluding hydrogens is 288 g/mol. The van der Waals surface area contributed by atoms with E-state index in [1.807, 2.05) is 17.8 Å². The molecule has 3 atom stereocenters. The Morgan fingerprint density at radius 3 is 2.55 bits per heavy atom. The highest BCUT2D eigenvalue weighted by Gasteiger charge is 2.22. The summed E-state index contributed by atoms with van der Waals surface area (Å²) in [4.78, 5) is 0. The molecule has 0 spiro atoms. The van der Waals surface area contributed by atoms with Crippen molar-refractivity contribution >= 4 is 24.4 Å². The highest BCUT2D eigenvalue weighted by molar-refractivity contribution is 7.99. The van der Waals surface area contributed by atoms with Crippen LogP contribution in [0.4, 0.5) is 0 Å². The fraction of sp³-hybridized carbons (Fsp3) is 0.500. The molecule has 1 N–H and O–H groups in total. The summed E-state index contributed by atoms with van der Waals surface area (Å²) in [6.07, 6.45) is 2.95. The highest BCUT2D eigenvalue weighted by Crippen LogP contribution is 2.27. The zero-order valence-corrected chi connectivity index (χ0v) is 13.9. The minimum atomic E-state index is -0.0296. The third-order valence-electron chi connectivity index (χ3n) is 3.28. The number of rotatable bonds is 9. The Balaban J connectivity index is 2.55. The molecule has 1 rings (SSSR count). The predicted molar refractivity (Wildman–Crippen MR) is 92.3 cm³/mol. The second kappa shape index (κ2) is 9.24. The van der Waals surface area contributed by atoms with E-state index in [1.54, 1.807) is 24.3 Å². The van der Waals surface area contributed by atoms with Crippen LogP contribution < -0.4 is 4.74 Å². The summed E-state index contributed by atoms with van der Waals surface area (Å²) in [5.74, 6) is 3.43. The predicted octanol–water partition coefficient (Wildman–Crippen LogP) is 4.40. The first kappa shape index (κ1) is 17.3. The molecule has 0 bridgehead atoms. The Morgan fingerprint density at radius 2 is 2.00 bits per heavy atom. The van der Waals surface area contributed by atoms with Crippen LogP contribution in [0, 0.1) is 5.92 Å². The lowest BCUT2D eigenvalue weighted by molar-refractivity contribution is 0.188. The van der Waals surface area contributed by atoms with Crippen molar-refractivity contribution < 1.29 is 9.84 Å². The van der Waals surface area contributed by atoms with Crippen molar-refractivity contribution in [3.05, 3.63) is 36.9 Å². The molecule has 0 aromatic heterocycles. The molecule has 0 aliphatic carbocycles. The molecule has 0 aliphatic rings. The molecule has 0 saturated heterocycles. The molecule has 1 aromatic rings. The molecule has 1 aromatic carbocycles. The largest absolute Gasteiger partial charge is 0.508 e. The van der Waals surface area contributed by atoms with Gasteiger partial charge in [-0.1, -0.05) is 26.5 Å². The minimum Gasteiger partial charge on any atom is -0.508 e. The van der Waals surface area contributed by atoms with E-state index in [0.717, 1.165) is 23.7 Å². The molecule has 0 amide bonds. The van der Waals surface area contributed by atoms with Crippen LogP contribution in [0.1, 0.15) is 20.3 Å². The lowest BCUT2D eigenvalue weighted by Crippen LogP contribution is -2.29. The first-order chi connectivity index (χ1) is 9.58. The lowest BCUT2D eigenvalue weighted by atomic mass is 10.0. The second-order valence-electron chi connectivity index (χ2n) is 4.82. The number of thioether (sulfide) groups is 1.